The molecule has 1 aromatic rings. The van der Waals surface area contributed by atoms with Crippen molar-refractivity contribution in [2.45, 2.75) is 50.7 Å². The smallest absolute Gasteiger partial charge is 0.0593 e. The molecule has 0 aliphatic carbocycles. The summed E-state index contributed by atoms with van der Waals surface area (Å²) >= 11 is 1.87. The maximum atomic E-state index is 6.49. The van der Waals surface area contributed by atoms with Crippen LogP contribution in [0.1, 0.15) is 43.5 Å². The van der Waals surface area contributed by atoms with Gasteiger partial charge in [0, 0.05) is 30.1 Å². The number of piperidine rings is 2. The first-order valence-corrected chi connectivity index (χ1v) is 9.32. The van der Waals surface area contributed by atoms with Crippen LogP contribution < -0.4 is 5.73 Å². The topological polar surface area (TPSA) is 32.5 Å². The largest absolute Gasteiger partial charge is 0.326 e. The van der Waals surface area contributed by atoms with Crippen LogP contribution in [0.4, 0.5) is 0 Å². The molecule has 1 aromatic heterocycles. The van der Waals surface area contributed by atoms with Crippen molar-refractivity contribution in [3.8, 4) is 0 Å². The van der Waals surface area contributed by atoms with E-state index in [9.17, 15) is 0 Å². The lowest BCUT2D eigenvalue weighted by molar-refractivity contribution is 0.0147. The van der Waals surface area contributed by atoms with Gasteiger partial charge >= 0.3 is 0 Å². The van der Waals surface area contributed by atoms with Crippen LogP contribution >= 0.6 is 11.3 Å². The monoisotopic (exact) mass is 307 g/mol. The Morgan fingerprint density at radius 2 is 2.24 bits per heavy atom. The van der Waals surface area contributed by atoms with E-state index in [1.807, 2.05) is 11.3 Å². The van der Waals surface area contributed by atoms with E-state index >= 15 is 0 Å². The molecule has 0 amide bonds. The first-order valence-electron chi connectivity index (χ1n) is 8.44. The second-order valence-electron chi connectivity index (χ2n) is 6.77. The molecule has 2 fully saturated rings. The molecule has 2 aliphatic heterocycles. The summed E-state index contributed by atoms with van der Waals surface area (Å²) in [5, 5.41) is 2.19. The van der Waals surface area contributed by atoms with Crippen LogP contribution in [0.15, 0.2) is 17.5 Å². The third-order valence-electron chi connectivity index (χ3n) is 5.48. The van der Waals surface area contributed by atoms with Crippen LogP contribution in [-0.4, -0.2) is 48.6 Å². The van der Waals surface area contributed by atoms with Gasteiger partial charge in [-0.1, -0.05) is 13.0 Å². The zero-order valence-electron chi connectivity index (χ0n) is 13.4. The number of nitrogens with zero attached hydrogens (tertiary/aromatic N) is 2. The predicted molar refractivity (Wildman–Crippen MR) is 90.7 cm³/mol. The van der Waals surface area contributed by atoms with Crippen LogP contribution in [0, 0.1) is 5.92 Å². The maximum absolute atomic E-state index is 6.49. The molecule has 2 saturated heterocycles. The standard InChI is InChI=1S/C17H29N3S/c1-3-14(18)17(16-7-5-11-21-16)20-10-8-15-13(12-20)6-4-9-19(15)2/h5,7,11,13-15,17H,3-4,6,8-10,12,18H2,1-2H3. The maximum Gasteiger partial charge on any atom is 0.0593 e. The average Bonchev–Trinajstić information content (AvgIpc) is 3.01. The second-order valence-corrected chi connectivity index (χ2v) is 7.75. The van der Waals surface area contributed by atoms with Gasteiger partial charge in [0.25, 0.3) is 0 Å². The van der Waals surface area contributed by atoms with Crippen LogP contribution in [-0.2, 0) is 0 Å². The summed E-state index contributed by atoms with van der Waals surface area (Å²) in [6.45, 7) is 5.92. The lowest BCUT2D eigenvalue weighted by Gasteiger charge is -2.48. The molecule has 2 aliphatic rings. The van der Waals surface area contributed by atoms with Crippen molar-refractivity contribution in [1.29, 1.82) is 0 Å². The Bertz CT molecular complexity index is 433. The summed E-state index contributed by atoms with van der Waals surface area (Å²) in [6.07, 6.45) is 5.10. The molecule has 0 saturated carbocycles. The van der Waals surface area contributed by atoms with Gasteiger partial charge in [-0.3, -0.25) is 4.90 Å². The first kappa shape index (κ1) is 15.5. The van der Waals surface area contributed by atoms with Crippen LogP contribution in [0.25, 0.3) is 0 Å². The number of rotatable bonds is 4. The molecule has 0 spiro atoms. The lowest BCUT2D eigenvalue weighted by Crippen LogP contribution is -2.55. The minimum Gasteiger partial charge on any atom is -0.326 e. The van der Waals surface area contributed by atoms with Gasteiger partial charge in [-0.05, 0) is 56.6 Å². The third kappa shape index (κ3) is 3.19. The summed E-state index contributed by atoms with van der Waals surface area (Å²) in [7, 11) is 2.31. The van der Waals surface area contributed by atoms with E-state index in [1.54, 1.807) is 0 Å². The summed E-state index contributed by atoms with van der Waals surface area (Å²) in [4.78, 5) is 6.72. The number of hydrogen-bond donors (Lipinski definition) is 1. The minimum absolute atomic E-state index is 0.251. The highest BCUT2D eigenvalue weighted by Crippen LogP contribution is 2.36. The van der Waals surface area contributed by atoms with Crippen molar-refractivity contribution in [3.05, 3.63) is 22.4 Å². The number of likely N-dealkylation sites (tertiary alicyclic amines) is 2. The summed E-state index contributed by atoms with van der Waals surface area (Å²) in [6, 6.07) is 5.90. The number of nitrogens with two attached hydrogens (primary N) is 1. The van der Waals surface area contributed by atoms with E-state index < -0.39 is 0 Å². The quantitative estimate of drug-likeness (QED) is 0.928. The van der Waals surface area contributed by atoms with Crippen molar-refractivity contribution >= 4 is 11.3 Å². The van der Waals surface area contributed by atoms with Crippen molar-refractivity contribution in [3.63, 3.8) is 0 Å². The average molecular weight is 308 g/mol. The molecule has 3 nitrogen and oxygen atoms in total. The van der Waals surface area contributed by atoms with Gasteiger partial charge in [0.05, 0.1) is 6.04 Å². The molecule has 118 valence electrons. The third-order valence-corrected chi connectivity index (χ3v) is 6.43. The van der Waals surface area contributed by atoms with E-state index in [2.05, 4.69) is 41.3 Å². The molecule has 4 heteroatoms. The van der Waals surface area contributed by atoms with Gasteiger partial charge in [-0.15, -0.1) is 11.3 Å². The van der Waals surface area contributed by atoms with Gasteiger partial charge in [0.15, 0.2) is 0 Å². The molecule has 0 bridgehead atoms. The molecular weight excluding hydrogens is 278 g/mol. The molecule has 3 heterocycles. The first-order chi connectivity index (χ1) is 10.2. The van der Waals surface area contributed by atoms with Crippen molar-refractivity contribution < 1.29 is 0 Å². The Labute approximate surface area is 133 Å². The molecule has 4 unspecified atom stereocenters. The summed E-state index contributed by atoms with van der Waals surface area (Å²) in [5.74, 6) is 0.837. The van der Waals surface area contributed by atoms with Gasteiger partial charge < -0.3 is 10.6 Å². The van der Waals surface area contributed by atoms with Crippen molar-refractivity contribution in [1.82, 2.24) is 9.80 Å². The Hall–Kier alpha value is -0.420. The van der Waals surface area contributed by atoms with Crippen molar-refractivity contribution in [2.24, 2.45) is 11.7 Å². The molecule has 21 heavy (non-hydrogen) atoms. The SMILES string of the molecule is CCC(N)C(c1cccs1)N1CCC2C(CCCN2C)C1. The highest BCUT2D eigenvalue weighted by Gasteiger charge is 2.38. The molecule has 0 radical (unpaired) electrons. The molecule has 2 N–H and O–H groups in total. The van der Waals surface area contributed by atoms with Gasteiger partial charge in [0.1, 0.15) is 0 Å². The number of fused-ring (bicyclic) bond motifs is 1. The highest BCUT2D eigenvalue weighted by atomic mass is 32.1. The van der Waals surface area contributed by atoms with E-state index in [0.29, 0.717) is 6.04 Å². The van der Waals surface area contributed by atoms with E-state index in [-0.39, 0.29) is 6.04 Å². The summed E-state index contributed by atoms with van der Waals surface area (Å²) in [5.41, 5.74) is 6.49. The Morgan fingerprint density at radius 3 is 2.95 bits per heavy atom. The minimum atomic E-state index is 0.251. The fraction of sp³-hybridized carbons (Fsp3) is 0.765. The Morgan fingerprint density at radius 1 is 1.38 bits per heavy atom. The molecule has 3 rings (SSSR count). The lowest BCUT2D eigenvalue weighted by atomic mass is 9.83. The molecule has 4 atom stereocenters. The van der Waals surface area contributed by atoms with Gasteiger partial charge in [-0.2, -0.15) is 0 Å². The predicted octanol–water partition coefficient (Wildman–Crippen LogP) is 2.94. The zero-order valence-corrected chi connectivity index (χ0v) is 14.2. The van der Waals surface area contributed by atoms with E-state index in [1.165, 1.54) is 43.8 Å². The highest BCUT2D eigenvalue weighted by molar-refractivity contribution is 7.10. The van der Waals surface area contributed by atoms with Gasteiger partial charge in [-0.25, -0.2) is 0 Å². The fourth-order valence-corrected chi connectivity index (χ4v) is 5.21. The number of thiophene rings is 1. The number of hydrogen-bond acceptors (Lipinski definition) is 4. The van der Waals surface area contributed by atoms with Gasteiger partial charge in [0.2, 0.25) is 0 Å². The zero-order chi connectivity index (χ0) is 14.8. The van der Waals surface area contributed by atoms with Crippen LogP contribution in [0.5, 0.6) is 0 Å². The van der Waals surface area contributed by atoms with Crippen molar-refractivity contribution in [2.75, 3.05) is 26.7 Å². The molecule has 0 aromatic carbocycles. The molecular formula is C17H29N3S. The normalized spacial score (nSPS) is 30.8. The van der Waals surface area contributed by atoms with Crippen LogP contribution in [0.2, 0.25) is 0 Å². The van der Waals surface area contributed by atoms with Crippen LogP contribution in [0.3, 0.4) is 0 Å². The van der Waals surface area contributed by atoms with E-state index in [4.69, 9.17) is 5.73 Å². The van der Waals surface area contributed by atoms with E-state index in [0.717, 1.165) is 18.4 Å². The second kappa shape index (κ2) is 6.78. The fourth-order valence-electron chi connectivity index (χ4n) is 4.28. The Kier molecular flexibility index (Phi) is 4.99. The summed E-state index contributed by atoms with van der Waals surface area (Å²) < 4.78 is 0. The Balaban J connectivity index is 1.75.